The Morgan fingerprint density at radius 1 is 1.07 bits per heavy atom. The van der Waals surface area contributed by atoms with Gasteiger partial charge in [0.25, 0.3) is 0 Å². The Morgan fingerprint density at radius 3 is 2.44 bits per heavy atom. The van der Waals surface area contributed by atoms with Gasteiger partial charge in [0, 0.05) is 5.69 Å². The van der Waals surface area contributed by atoms with E-state index in [-0.39, 0.29) is 17.4 Å². The molecule has 27 heavy (non-hydrogen) atoms. The summed E-state index contributed by atoms with van der Waals surface area (Å²) < 4.78 is 10.7. The number of aromatic nitrogens is 2. The van der Waals surface area contributed by atoms with Crippen molar-refractivity contribution in [3.05, 3.63) is 70.5 Å². The van der Waals surface area contributed by atoms with Crippen LogP contribution >= 0.6 is 0 Å². The summed E-state index contributed by atoms with van der Waals surface area (Å²) >= 11 is 0. The molecule has 0 aliphatic heterocycles. The molecule has 0 fully saturated rings. The first-order valence-electron chi connectivity index (χ1n) is 8.28. The molecule has 0 saturated heterocycles. The summed E-state index contributed by atoms with van der Waals surface area (Å²) in [4.78, 5) is 19.1. The van der Waals surface area contributed by atoms with E-state index in [1.807, 2.05) is 31.2 Å². The molecule has 3 rings (SSSR count). The number of nitrogens with one attached hydrogen (secondary N) is 1. The number of nitro groups is 1. The molecular formula is C19H18N4O4. The summed E-state index contributed by atoms with van der Waals surface area (Å²) in [6, 6.07) is 14.2. The van der Waals surface area contributed by atoms with Crippen LogP contribution in [0.5, 0.6) is 17.4 Å². The van der Waals surface area contributed by atoms with E-state index in [9.17, 15) is 10.1 Å². The van der Waals surface area contributed by atoms with E-state index in [2.05, 4.69) is 15.3 Å². The van der Waals surface area contributed by atoms with Crippen molar-refractivity contribution < 1.29 is 14.4 Å². The molecule has 8 heteroatoms. The lowest BCUT2D eigenvalue weighted by Crippen LogP contribution is -2.04. The van der Waals surface area contributed by atoms with Gasteiger partial charge in [0.1, 0.15) is 17.8 Å². The fourth-order valence-electron chi connectivity index (χ4n) is 2.53. The quantitative estimate of drug-likeness (QED) is 0.486. The van der Waals surface area contributed by atoms with Crippen LogP contribution in [0.2, 0.25) is 0 Å². The second-order valence-electron chi connectivity index (χ2n) is 5.55. The molecule has 1 N–H and O–H groups in total. The Morgan fingerprint density at radius 2 is 1.78 bits per heavy atom. The third kappa shape index (κ3) is 4.12. The van der Waals surface area contributed by atoms with Crippen molar-refractivity contribution in [3.8, 4) is 17.4 Å². The molecule has 1 aromatic heterocycles. The highest BCUT2D eigenvalue weighted by Crippen LogP contribution is 2.36. The predicted molar refractivity (Wildman–Crippen MR) is 101 cm³/mol. The number of benzene rings is 2. The molecule has 0 saturated carbocycles. The maximum absolute atomic E-state index is 11.7. The molecular weight excluding hydrogens is 348 g/mol. The van der Waals surface area contributed by atoms with Crippen molar-refractivity contribution in [2.75, 3.05) is 12.4 Å². The summed E-state index contributed by atoms with van der Waals surface area (Å²) in [5.41, 5.74) is 1.43. The summed E-state index contributed by atoms with van der Waals surface area (Å²) in [5.74, 6) is 0.978. The van der Waals surface area contributed by atoms with Gasteiger partial charge in [-0.1, -0.05) is 25.1 Å². The number of hydrogen-bond acceptors (Lipinski definition) is 7. The van der Waals surface area contributed by atoms with Gasteiger partial charge in [0.2, 0.25) is 5.82 Å². The predicted octanol–water partition coefficient (Wildman–Crippen LogP) is 4.49. The number of methoxy groups -OCH3 is 1. The zero-order valence-corrected chi connectivity index (χ0v) is 14.9. The van der Waals surface area contributed by atoms with Gasteiger partial charge in [-0.2, -0.15) is 4.98 Å². The highest BCUT2D eigenvalue weighted by Gasteiger charge is 2.25. The Balaban J connectivity index is 1.95. The second-order valence-corrected chi connectivity index (χ2v) is 5.55. The van der Waals surface area contributed by atoms with E-state index in [0.29, 0.717) is 11.5 Å². The van der Waals surface area contributed by atoms with Gasteiger partial charge in [-0.15, -0.1) is 0 Å². The average Bonchev–Trinajstić information content (AvgIpc) is 2.69. The standard InChI is InChI=1S/C19H18N4O4/c1-3-13-6-4-5-7-16(13)22-18-17(23(24)25)19(21-12-20-18)27-15-10-8-14(26-2)9-11-15/h4-12H,3H2,1-2H3,(H,20,21,22). The summed E-state index contributed by atoms with van der Waals surface area (Å²) in [7, 11) is 1.55. The minimum atomic E-state index is -0.560. The van der Waals surface area contributed by atoms with E-state index in [0.717, 1.165) is 17.7 Å². The molecule has 3 aromatic rings. The third-order valence-corrected chi connectivity index (χ3v) is 3.90. The highest BCUT2D eigenvalue weighted by atomic mass is 16.6. The maximum Gasteiger partial charge on any atom is 0.373 e. The molecule has 138 valence electrons. The summed E-state index contributed by atoms with van der Waals surface area (Å²) in [5, 5.41) is 14.7. The molecule has 1 heterocycles. The van der Waals surface area contributed by atoms with Gasteiger partial charge >= 0.3 is 11.6 Å². The number of aryl methyl sites for hydroxylation is 1. The lowest BCUT2D eigenvalue weighted by Gasteiger charge is -2.12. The summed E-state index contributed by atoms with van der Waals surface area (Å²) in [6.07, 6.45) is 2.00. The first kappa shape index (κ1) is 18.1. The fraction of sp³-hybridized carbons (Fsp3) is 0.158. The van der Waals surface area contributed by atoms with Crippen LogP contribution in [0.25, 0.3) is 0 Å². The van der Waals surface area contributed by atoms with Crippen molar-refractivity contribution in [1.29, 1.82) is 0 Å². The minimum absolute atomic E-state index is 0.0689. The van der Waals surface area contributed by atoms with Crippen LogP contribution in [0.15, 0.2) is 54.9 Å². The first-order chi connectivity index (χ1) is 13.1. The van der Waals surface area contributed by atoms with E-state index in [1.165, 1.54) is 6.33 Å². The maximum atomic E-state index is 11.7. The van der Waals surface area contributed by atoms with Crippen LogP contribution in [0.4, 0.5) is 17.2 Å². The number of anilines is 2. The molecule has 0 aliphatic carbocycles. The second kappa shape index (κ2) is 8.13. The van der Waals surface area contributed by atoms with Crippen LogP contribution in [0.1, 0.15) is 12.5 Å². The van der Waals surface area contributed by atoms with Crippen molar-refractivity contribution in [2.45, 2.75) is 13.3 Å². The monoisotopic (exact) mass is 366 g/mol. The topological polar surface area (TPSA) is 99.4 Å². The van der Waals surface area contributed by atoms with Crippen LogP contribution in [0, 0.1) is 10.1 Å². The Labute approximate surface area is 156 Å². The normalized spacial score (nSPS) is 10.3. The van der Waals surface area contributed by atoms with Crippen LogP contribution in [-0.4, -0.2) is 22.0 Å². The third-order valence-electron chi connectivity index (χ3n) is 3.90. The van der Waals surface area contributed by atoms with Crippen LogP contribution in [-0.2, 0) is 6.42 Å². The largest absolute Gasteiger partial charge is 0.497 e. The number of hydrogen-bond donors (Lipinski definition) is 1. The van der Waals surface area contributed by atoms with E-state index in [4.69, 9.17) is 9.47 Å². The fourth-order valence-corrected chi connectivity index (χ4v) is 2.53. The van der Waals surface area contributed by atoms with E-state index in [1.54, 1.807) is 31.4 Å². The van der Waals surface area contributed by atoms with Crippen LogP contribution < -0.4 is 14.8 Å². The van der Waals surface area contributed by atoms with Crippen molar-refractivity contribution in [3.63, 3.8) is 0 Å². The Kier molecular flexibility index (Phi) is 5.46. The molecule has 8 nitrogen and oxygen atoms in total. The van der Waals surface area contributed by atoms with E-state index >= 15 is 0 Å². The van der Waals surface area contributed by atoms with Gasteiger partial charge in [0.05, 0.1) is 12.0 Å². The molecule has 2 aromatic carbocycles. The van der Waals surface area contributed by atoms with E-state index < -0.39 is 4.92 Å². The minimum Gasteiger partial charge on any atom is -0.497 e. The average molecular weight is 366 g/mol. The van der Waals surface area contributed by atoms with Gasteiger partial charge in [-0.25, -0.2) is 4.98 Å². The number of para-hydroxylation sites is 1. The molecule has 0 radical (unpaired) electrons. The lowest BCUT2D eigenvalue weighted by atomic mass is 10.1. The smallest absolute Gasteiger partial charge is 0.373 e. The molecule has 0 atom stereocenters. The van der Waals surface area contributed by atoms with Gasteiger partial charge < -0.3 is 14.8 Å². The highest BCUT2D eigenvalue weighted by molar-refractivity contribution is 5.70. The molecule has 0 aliphatic rings. The Bertz CT molecular complexity index is 945. The van der Waals surface area contributed by atoms with Gasteiger partial charge in [-0.05, 0) is 42.3 Å². The van der Waals surface area contributed by atoms with Gasteiger partial charge in [0.15, 0.2) is 0 Å². The van der Waals surface area contributed by atoms with Crippen molar-refractivity contribution in [1.82, 2.24) is 9.97 Å². The molecule has 0 spiro atoms. The SMILES string of the molecule is CCc1ccccc1Nc1ncnc(Oc2ccc(OC)cc2)c1[N+](=O)[O-]. The van der Waals surface area contributed by atoms with Crippen molar-refractivity contribution in [2.24, 2.45) is 0 Å². The zero-order chi connectivity index (χ0) is 19.2. The summed E-state index contributed by atoms with van der Waals surface area (Å²) in [6.45, 7) is 2.01. The number of rotatable bonds is 7. The van der Waals surface area contributed by atoms with Crippen LogP contribution in [0.3, 0.4) is 0 Å². The van der Waals surface area contributed by atoms with Crippen molar-refractivity contribution >= 4 is 17.2 Å². The molecule has 0 amide bonds. The zero-order valence-electron chi connectivity index (χ0n) is 14.9. The first-order valence-corrected chi connectivity index (χ1v) is 8.28. The molecule has 0 unspecified atom stereocenters. The number of ether oxygens (including phenoxy) is 2. The molecule has 0 bridgehead atoms. The lowest BCUT2D eigenvalue weighted by molar-refractivity contribution is -0.385. The number of nitrogens with zero attached hydrogens (tertiary/aromatic N) is 3. The van der Waals surface area contributed by atoms with Gasteiger partial charge in [-0.3, -0.25) is 10.1 Å². The Hall–Kier alpha value is -3.68.